The number of amides is 1. The minimum Gasteiger partial charge on any atom is -0.481 e. The van der Waals surface area contributed by atoms with Crippen molar-refractivity contribution < 1.29 is 22.3 Å². The summed E-state index contributed by atoms with van der Waals surface area (Å²) < 4.78 is 50.1. The van der Waals surface area contributed by atoms with Crippen LogP contribution in [0.3, 0.4) is 0 Å². The first-order valence-electron chi connectivity index (χ1n) is 15.8. The summed E-state index contributed by atoms with van der Waals surface area (Å²) in [6.45, 7) is 1.64. The van der Waals surface area contributed by atoms with Gasteiger partial charge in [0.2, 0.25) is 21.8 Å². The normalized spacial score (nSPS) is 18.3. The molecule has 1 saturated carbocycles. The molecule has 1 aromatic heterocycles. The highest BCUT2D eigenvalue weighted by Crippen LogP contribution is 2.48. The molecule has 1 aliphatic heterocycles. The molecular weight excluding hydrogens is 639 g/mol. The fourth-order valence-corrected chi connectivity index (χ4v) is 8.27. The van der Waals surface area contributed by atoms with E-state index < -0.39 is 15.8 Å². The van der Waals surface area contributed by atoms with Crippen LogP contribution in [0.1, 0.15) is 48.3 Å². The first-order chi connectivity index (χ1) is 22.7. The molecule has 11 heteroatoms. The number of sulfonamides is 1. The van der Waals surface area contributed by atoms with Crippen LogP contribution < -0.4 is 15.4 Å². The minimum atomic E-state index is -3.77. The molecule has 2 fully saturated rings. The topological polar surface area (TPSA) is 101 Å². The van der Waals surface area contributed by atoms with E-state index in [1.54, 1.807) is 78.3 Å². The molecule has 1 saturated heterocycles. The maximum absolute atomic E-state index is 15.4. The molecule has 8 nitrogen and oxygen atoms in total. The Balaban J connectivity index is 1.21. The summed E-state index contributed by atoms with van der Waals surface area (Å²) in [7, 11) is -2.23. The van der Waals surface area contributed by atoms with Gasteiger partial charge in [0.15, 0.2) is 0 Å². The second kappa shape index (κ2) is 14.1. The van der Waals surface area contributed by atoms with Crippen LogP contribution >= 0.6 is 11.6 Å². The molecule has 2 atom stereocenters. The molecule has 2 heterocycles. The van der Waals surface area contributed by atoms with Gasteiger partial charge in [0.05, 0.1) is 12.0 Å². The average Bonchev–Trinajstić information content (AvgIpc) is 3.88. The SMILES string of the molecule is COc1ccc([C@@H](CC(=O)Nc2cccc(F)c2CC[C@H]2CNCC3(CC3)CN2S(=O)(=O)c2ccccc2)c2ccc(Cl)cc2)cn1. The van der Waals surface area contributed by atoms with Crippen molar-refractivity contribution in [3.8, 4) is 5.88 Å². The van der Waals surface area contributed by atoms with Gasteiger partial charge in [-0.2, -0.15) is 4.31 Å². The Bertz CT molecular complexity index is 1800. The zero-order valence-corrected chi connectivity index (χ0v) is 27.7. The van der Waals surface area contributed by atoms with Gasteiger partial charge in [-0.3, -0.25) is 4.79 Å². The van der Waals surface area contributed by atoms with E-state index in [1.807, 2.05) is 18.2 Å². The second-order valence-electron chi connectivity index (χ2n) is 12.4. The molecular formula is C36H38ClFN4O4S. The van der Waals surface area contributed by atoms with E-state index in [9.17, 15) is 13.2 Å². The van der Waals surface area contributed by atoms with Gasteiger partial charge in [0.1, 0.15) is 5.82 Å². The van der Waals surface area contributed by atoms with Crippen LogP contribution in [0.25, 0.3) is 0 Å². The lowest BCUT2D eigenvalue weighted by Gasteiger charge is -2.31. The number of methoxy groups -OCH3 is 1. The molecule has 1 aliphatic carbocycles. The van der Waals surface area contributed by atoms with Crippen LogP contribution in [0.4, 0.5) is 10.1 Å². The van der Waals surface area contributed by atoms with Crippen LogP contribution in [-0.4, -0.2) is 56.4 Å². The number of hydrogen-bond donors (Lipinski definition) is 2. The quantitative estimate of drug-likeness (QED) is 0.190. The highest BCUT2D eigenvalue weighted by molar-refractivity contribution is 7.89. The van der Waals surface area contributed by atoms with Crippen LogP contribution in [-0.2, 0) is 21.2 Å². The van der Waals surface area contributed by atoms with E-state index >= 15 is 4.39 Å². The number of aromatic nitrogens is 1. The Hall–Kier alpha value is -3.83. The fraction of sp³-hybridized carbons (Fsp3) is 0.333. The van der Waals surface area contributed by atoms with Gasteiger partial charge in [-0.05, 0) is 78.6 Å². The lowest BCUT2D eigenvalue weighted by molar-refractivity contribution is -0.116. The third kappa shape index (κ3) is 7.67. The Morgan fingerprint density at radius 2 is 1.81 bits per heavy atom. The highest BCUT2D eigenvalue weighted by Gasteiger charge is 2.49. The zero-order valence-electron chi connectivity index (χ0n) is 26.2. The number of ether oxygens (including phenoxy) is 1. The van der Waals surface area contributed by atoms with Crippen LogP contribution in [0.15, 0.2) is 96.0 Å². The van der Waals surface area contributed by atoms with E-state index in [1.165, 1.54) is 6.07 Å². The predicted molar refractivity (Wildman–Crippen MR) is 181 cm³/mol. The standard InChI is InChI=1S/C36H38ClFN4O4S/c1-46-35-17-12-26(21-40-35)31(25-10-13-27(37)14-11-25)20-34(43)41-33-9-5-8-32(38)30(33)16-15-28-22-39-23-36(18-19-36)24-42(28)47(44,45)29-6-3-2-4-7-29/h2-14,17,21,28,31,39H,15-16,18-20,22-24H2,1H3,(H,41,43)/t28-,31-/m0/s1. The van der Waals surface area contributed by atoms with Crippen molar-refractivity contribution in [1.29, 1.82) is 0 Å². The first kappa shape index (κ1) is 33.1. The maximum atomic E-state index is 15.4. The van der Waals surface area contributed by atoms with Crippen molar-refractivity contribution in [3.05, 3.63) is 119 Å². The largest absolute Gasteiger partial charge is 0.481 e. The number of carbonyl (C=O) groups excluding carboxylic acids is 1. The number of pyridine rings is 1. The molecule has 246 valence electrons. The Morgan fingerprint density at radius 3 is 2.49 bits per heavy atom. The maximum Gasteiger partial charge on any atom is 0.243 e. The van der Waals surface area contributed by atoms with Gasteiger partial charge < -0.3 is 15.4 Å². The molecule has 0 radical (unpaired) electrons. The number of rotatable bonds is 11. The van der Waals surface area contributed by atoms with Gasteiger partial charge >= 0.3 is 0 Å². The number of nitrogens with one attached hydrogen (secondary N) is 2. The van der Waals surface area contributed by atoms with Gasteiger partial charge in [0.25, 0.3) is 0 Å². The molecule has 4 aromatic rings. The monoisotopic (exact) mass is 676 g/mol. The number of nitrogens with zero attached hydrogens (tertiary/aromatic N) is 2. The number of hydrogen-bond acceptors (Lipinski definition) is 6. The second-order valence-corrected chi connectivity index (χ2v) is 14.8. The zero-order chi connectivity index (χ0) is 33.0. The highest BCUT2D eigenvalue weighted by atomic mass is 35.5. The van der Waals surface area contributed by atoms with Crippen molar-refractivity contribution in [1.82, 2.24) is 14.6 Å². The van der Waals surface area contributed by atoms with Crippen molar-refractivity contribution in [2.24, 2.45) is 5.41 Å². The van der Waals surface area contributed by atoms with Crippen molar-refractivity contribution in [2.45, 2.75) is 49.0 Å². The lowest BCUT2D eigenvalue weighted by atomic mass is 9.89. The summed E-state index contributed by atoms with van der Waals surface area (Å²) in [6.07, 6.45) is 4.32. The van der Waals surface area contributed by atoms with E-state index in [-0.39, 0.29) is 41.0 Å². The predicted octanol–water partition coefficient (Wildman–Crippen LogP) is 6.42. The molecule has 3 aromatic carbocycles. The van der Waals surface area contributed by atoms with E-state index in [0.29, 0.717) is 41.7 Å². The van der Waals surface area contributed by atoms with Crippen molar-refractivity contribution in [3.63, 3.8) is 0 Å². The molecule has 1 spiro atoms. The van der Waals surface area contributed by atoms with Gasteiger partial charge in [-0.25, -0.2) is 17.8 Å². The summed E-state index contributed by atoms with van der Waals surface area (Å²) in [5.74, 6) is -0.628. The van der Waals surface area contributed by atoms with Gasteiger partial charge in [0, 0.05) is 66.6 Å². The minimum absolute atomic E-state index is 0.0617. The average molecular weight is 677 g/mol. The summed E-state index contributed by atoms with van der Waals surface area (Å²) in [5, 5.41) is 7.01. The van der Waals surface area contributed by atoms with Crippen molar-refractivity contribution >= 4 is 33.2 Å². The smallest absolute Gasteiger partial charge is 0.243 e. The molecule has 2 N–H and O–H groups in total. The van der Waals surface area contributed by atoms with Gasteiger partial charge in [-0.15, -0.1) is 0 Å². The Labute approximate surface area is 280 Å². The third-order valence-electron chi connectivity index (χ3n) is 9.24. The molecule has 0 bridgehead atoms. The number of benzene rings is 3. The Morgan fingerprint density at radius 1 is 1.06 bits per heavy atom. The summed E-state index contributed by atoms with van der Waals surface area (Å²) >= 11 is 6.14. The number of anilines is 1. The van der Waals surface area contributed by atoms with Crippen LogP contribution in [0.2, 0.25) is 5.02 Å². The van der Waals surface area contributed by atoms with E-state index in [0.717, 1.165) is 30.5 Å². The molecule has 47 heavy (non-hydrogen) atoms. The number of halogens is 2. The molecule has 6 rings (SSSR count). The summed E-state index contributed by atoms with van der Waals surface area (Å²) in [4.78, 5) is 18.2. The summed E-state index contributed by atoms with van der Waals surface area (Å²) in [6, 6.07) is 23.6. The number of carbonyl (C=O) groups is 1. The summed E-state index contributed by atoms with van der Waals surface area (Å²) in [5.41, 5.74) is 2.35. The van der Waals surface area contributed by atoms with E-state index in [4.69, 9.17) is 16.3 Å². The third-order valence-corrected chi connectivity index (χ3v) is 11.4. The molecule has 1 amide bonds. The fourth-order valence-electron chi connectivity index (χ4n) is 6.36. The lowest BCUT2D eigenvalue weighted by Crippen LogP contribution is -2.44. The molecule has 0 unspecified atom stereocenters. The van der Waals surface area contributed by atoms with Crippen molar-refractivity contribution in [2.75, 3.05) is 32.1 Å². The van der Waals surface area contributed by atoms with E-state index in [2.05, 4.69) is 15.6 Å². The van der Waals surface area contributed by atoms with Crippen LogP contribution in [0, 0.1) is 11.2 Å². The Kier molecular flexibility index (Phi) is 9.93. The molecule has 2 aliphatic rings. The van der Waals surface area contributed by atoms with Crippen LogP contribution in [0.5, 0.6) is 5.88 Å². The van der Waals surface area contributed by atoms with Gasteiger partial charge in [-0.1, -0.05) is 54.1 Å². The first-order valence-corrected chi connectivity index (χ1v) is 17.6.